The highest BCUT2D eigenvalue weighted by Gasteiger charge is 2.39. The number of rotatable bonds is 3. The van der Waals surface area contributed by atoms with Crippen LogP contribution in [0.25, 0.3) is 0 Å². The minimum absolute atomic E-state index is 0.0526. The Morgan fingerprint density at radius 2 is 1.86 bits per heavy atom. The van der Waals surface area contributed by atoms with Crippen molar-refractivity contribution in [3.8, 4) is 0 Å². The summed E-state index contributed by atoms with van der Waals surface area (Å²) in [5.74, 6) is 0. The van der Waals surface area contributed by atoms with Gasteiger partial charge in [-0.2, -0.15) is 0 Å². The second kappa shape index (κ2) is 4.17. The highest BCUT2D eigenvalue weighted by Crippen LogP contribution is 2.33. The summed E-state index contributed by atoms with van der Waals surface area (Å²) < 4.78 is 0. The molecular formula is C11H21NO2. The Hall–Kier alpha value is -0.120. The van der Waals surface area contributed by atoms with Crippen molar-refractivity contribution in [2.45, 2.75) is 62.6 Å². The van der Waals surface area contributed by atoms with Gasteiger partial charge in [0.15, 0.2) is 0 Å². The highest BCUT2D eigenvalue weighted by molar-refractivity contribution is 4.99. The van der Waals surface area contributed by atoms with Crippen molar-refractivity contribution < 1.29 is 10.2 Å². The molecule has 0 aromatic heterocycles. The number of nitrogens with one attached hydrogen (secondary N) is 1. The highest BCUT2D eigenvalue weighted by atomic mass is 16.3. The van der Waals surface area contributed by atoms with Crippen molar-refractivity contribution in [3.05, 3.63) is 0 Å². The molecule has 0 aliphatic heterocycles. The first-order valence-corrected chi connectivity index (χ1v) is 5.82. The molecule has 0 bridgehead atoms. The summed E-state index contributed by atoms with van der Waals surface area (Å²) in [7, 11) is 0. The summed E-state index contributed by atoms with van der Waals surface area (Å²) in [4.78, 5) is 0. The maximum Gasteiger partial charge on any atom is 0.0693 e. The van der Waals surface area contributed by atoms with E-state index in [2.05, 4.69) is 5.32 Å². The third kappa shape index (κ3) is 1.95. The van der Waals surface area contributed by atoms with E-state index in [0.717, 1.165) is 32.1 Å². The molecule has 0 radical (unpaired) electrons. The number of hydrogen-bond acceptors (Lipinski definition) is 3. The second-order valence-electron chi connectivity index (χ2n) is 4.89. The molecule has 3 heteroatoms. The first-order chi connectivity index (χ1) is 6.76. The van der Waals surface area contributed by atoms with E-state index in [1.807, 2.05) is 0 Å². The zero-order valence-electron chi connectivity index (χ0n) is 8.71. The molecule has 0 saturated heterocycles. The van der Waals surface area contributed by atoms with Crippen molar-refractivity contribution >= 4 is 0 Å². The minimum atomic E-state index is -0.201. The summed E-state index contributed by atoms with van der Waals surface area (Å²) in [5, 5.41) is 22.6. The number of aliphatic hydroxyl groups is 2. The maximum absolute atomic E-state index is 9.80. The molecule has 2 aliphatic carbocycles. The van der Waals surface area contributed by atoms with Gasteiger partial charge in [-0.15, -0.1) is 0 Å². The van der Waals surface area contributed by atoms with Crippen LogP contribution in [-0.4, -0.2) is 34.5 Å². The topological polar surface area (TPSA) is 52.5 Å². The average Bonchev–Trinajstić information content (AvgIpc) is 2.14. The van der Waals surface area contributed by atoms with Gasteiger partial charge in [-0.05, 0) is 32.1 Å². The summed E-state index contributed by atoms with van der Waals surface area (Å²) in [5.41, 5.74) is -0.0526. The molecule has 14 heavy (non-hydrogen) atoms. The van der Waals surface area contributed by atoms with E-state index in [1.54, 1.807) is 0 Å². The van der Waals surface area contributed by atoms with Crippen LogP contribution in [0, 0.1) is 0 Å². The predicted molar refractivity (Wildman–Crippen MR) is 55.1 cm³/mol. The van der Waals surface area contributed by atoms with Gasteiger partial charge >= 0.3 is 0 Å². The van der Waals surface area contributed by atoms with Crippen LogP contribution in [0.15, 0.2) is 0 Å². The monoisotopic (exact) mass is 199 g/mol. The van der Waals surface area contributed by atoms with Crippen molar-refractivity contribution in [1.29, 1.82) is 0 Å². The molecular weight excluding hydrogens is 178 g/mol. The summed E-state index contributed by atoms with van der Waals surface area (Å²) in [6.07, 6.45) is 7.45. The zero-order chi connectivity index (χ0) is 10.0. The quantitative estimate of drug-likeness (QED) is 0.630. The predicted octanol–water partition coefficient (Wildman–Crippen LogP) is 0.794. The Morgan fingerprint density at radius 3 is 2.36 bits per heavy atom. The lowest BCUT2D eigenvalue weighted by Gasteiger charge is -2.45. The fourth-order valence-corrected chi connectivity index (χ4v) is 2.62. The number of aliphatic hydroxyl groups excluding tert-OH is 2. The smallest absolute Gasteiger partial charge is 0.0693 e. The van der Waals surface area contributed by atoms with E-state index in [9.17, 15) is 10.2 Å². The lowest BCUT2D eigenvalue weighted by atomic mass is 9.76. The Labute approximate surface area is 85.5 Å². The van der Waals surface area contributed by atoms with Gasteiger partial charge in [0.05, 0.1) is 12.7 Å². The molecule has 0 spiro atoms. The first kappa shape index (κ1) is 10.4. The summed E-state index contributed by atoms with van der Waals surface area (Å²) >= 11 is 0. The van der Waals surface area contributed by atoms with Gasteiger partial charge in [-0.25, -0.2) is 0 Å². The van der Waals surface area contributed by atoms with Crippen LogP contribution in [0.4, 0.5) is 0 Å². The maximum atomic E-state index is 9.80. The molecule has 0 heterocycles. The molecule has 2 aliphatic rings. The van der Waals surface area contributed by atoms with Gasteiger partial charge in [0.1, 0.15) is 0 Å². The summed E-state index contributed by atoms with van der Waals surface area (Å²) in [6, 6.07) is 0.219. The van der Waals surface area contributed by atoms with E-state index < -0.39 is 0 Å². The molecule has 0 amide bonds. The Morgan fingerprint density at radius 1 is 1.14 bits per heavy atom. The van der Waals surface area contributed by atoms with Crippen LogP contribution in [0.3, 0.4) is 0 Å². The minimum Gasteiger partial charge on any atom is -0.394 e. The molecule has 2 fully saturated rings. The second-order valence-corrected chi connectivity index (χ2v) is 4.89. The third-order valence-electron chi connectivity index (χ3n) is 3.83. The fraction of sp³-hybridized carbons (Fsp3) is 1.00. The van der Waals surface area contributed by atoms with E-state index >= 15 is 0 Å². The van der Waals surface area contributed by atoms with Crippen molar-refractivity contribution in [2.24, 2.45) is 0 Å². The molecule has 2 atom stereocenters. The van der Waals surface area contributed by atoms with Crippen LogP contribution >= 0.6 is 0 Å². The molecule has 3 nitrogen and oxygen atoms in total. The van der Waals surface area contributed by atoms with E-state index in [0.29, 0.717) is 0 Å². The normalized spacial score (nSPS) is 36.4. The lowest BCUT2D eigenvalue weighted by Crippen LogP contribution is -2.60. The molecule has 0 aromatic carbocycles. The molecule has 0 aromatic rings. The van der Waals surface area contributed by atoms with Crippen LogP contribution in [0.1, 0.15) is 44.9 Å². The van der Waals surface area contributed by atoms with Gasteiger partial charge in [0.25, 0.3) is 0 Å². The number of hydrogen-bond donors (Lipinski definition) is 3. The average molecular weight is 199 g/mol. The first-order valence-electron chi connectivity index (χ1n) is 5.82. The van der Waals surface area contributed by atoms with Crippen LogP contribution in [-0.2, 0) is 0 Å². The standard InChI is InChI=1S/C11H21NO2/c13-8-11(6-3-7-11)12-9-4-1-2-5-10(9)14/h9-10,12-14H,1-8H2. The zero-order valence-corrected chi connectivity index (χ0v) is 8.71. The van der Waals surface area contributed by atoms with Crippen LogP contribution in [0.2, 0.25) is 0 Å². The fourth-order valence-electron chi connectivity index (χ4n) is 2.62. The lowest BCUT2D eigenvalue weighted by molar-refractivity contribution is 0.0245. The Balaban J connectivity index is 1.88. The molecule has 2 unspecified atom stereocenters. The van der Waals surface area contributed by atoms with Crippen molar-refractivity contribution in [3.63, 3.8) is 0 Å². The largest absolute Gasteiger partial charge is 0.394 e. The van der Waals surface area contributed by atoms with E-state index in [4.69, 9.17) is 0 Å². The van der Waals surface area contributed by atoms with E-state index in [1.165, 1.54) is 12.8 Å². The van der Waals surface area contributed by atoms with Crippen LogP contribution in [0.5, 0.6) is 0 Å². The molecule has 2 saturated carbocycles. The molecule has 2 rings (SSSR count). The van der Waals surface area contributed by atoms with Gasteiger partial charge in [0.2, 0.25) is 0 Å². The molecule has 3 N–H and O–H groups in total. The van der Waals surface area contributed by atoms with Crippen molar-refractivity contribution in [2.75, 3.05) is 6.61 Å². The van der Waals surface area contributed by atoms with Gasteiger partial charge < -0.3 is 15.5 Å². The summed E-state index contributed by atoms with van der Waals surface area (Å²) in [6.45, 7) is 0.218. The SMILES string of the molecule is OCC1(NC2CCCCC2O)CCC1. The van der Waals surface area contributed by atoms with Crippen molar-refractivity contribution in [1.82, 2.24) is 5.32 Å². The van der Waals surface area contributed by atoms with Gasteiger partial charge in [0, 0.05) is 11.6 Å². The van der Waals surface area contributed by atoms with Gasteiger partial charge in [-0.3, -0.25) is 0 Å². The third-order valence-corrected chi connectivity index (χ3v) is 3.83. The Kier molecular flexibility index (Phi) is 3.10. The van der Waals surface area contributed by atoms with Gasteiger partial charge in [-0.1, -0.05) is 12.8 Å². The molecule has 82 valence electrons. The Bertz CT molecular complexity index is 186. The van der Waals surface area contributed by atoms with E-state index in [-0.39, 0.29) is 24.3 Å². The van der Waals surface area contributed by atoms with Crippen LogP contribution < -0.4 is 5.32 Å².